The SMILES string of the molecule is CC1CC(NCC(C(C)C)N2CCN(C)CC2)CCO1. The fourth-order valence-electron chi connectivity index (χ4n) is 3.41. The van der Waals surface area contributed by atoms with E-state index in [2.05, 4.69) is 42.9 Å². The molecule has 1 N–H and O–H groups in total. The highest BCUT2D eigenvalue weighted by Crippen LogP contribution is 2.16. The first-order chi connectivity index (χ1) is 9.56. The van der Waals surface area contributed by atoms with Crippen LogP contribution in [0.5, 0.6) is 0 Å². The lowest BCUT2D eigenvalue weighted by Crippen LogP contribution is -2.55. The Bertz CT molecular complexity index is 277. The summed E-state index contributed by atoms with van der Waals surface area (Å²) in [6.07, 6.45) is 2.74. The third kappa shape index (κ3) is 4.69. The van der Waals surface area contributed by atoms with Gasteiger partial charge in [-0.2, -0.15) is 0 Å². The first kappa shape index (κ1) is 16.2. The summed E-state index contributed by atoms with van der Waals surface area (Å²) in [5.41, 5.74) is 0. The van der Waals surface area contributed by atoms with Gasteiger partial charge in [-0.15, -0.1) is 0 Å². The molecule has 2 saturated heterocycles. The number of likely N-dealkylation sites (N-methyl/N-ethyl adjacent to an activating group) is 1. The molecule has 2 fully saturated rings. The number of ether oxygens (including phenoxy) is 1. The van der Waals surface area contributed by atoms with Gasteiger partial charge in [-0.1, -0.05) is 13.8 Å². The van der Waals surface area contributed by atoms with Gasteiger partial charge in [0, 0.05) is 51.4 Å². The minimum absolute atomic E-state index is 0.419. The van der Waals surface area contributed by atoms with E-state index in [0.717, 1.165) is 26.0 Å². The van der Waals surface area contributed by atoms with Gasteiger partial charge in [0.15, 0.2) is 0 Å². The summed E-state index contributed by atoms with van der Waals surface area (Å²) >= 11 is 0. The molecular weight excluding hydrogens is 250 g/mol. The molecule has 2 rings (SSSR count). The van der Waals surface area contributed by atoms with Crippen molar-refractivity contribution < 1.29 is 4.74 Å². The zero-order valence-corrected chi connectivity index (χ0v) is 13.8. The average Bonchev–Trinajstić information content (AvgIpc) is 2.41. The van der Waals surface area contributed by atoms with Gasteiger partial charge in [0.2, 0.25) is 0 Å². The van der Waals surface area contributed by atoms with Crippen molar-refractivity contribution in [1.82, 2.24) is 15.1 Å². The summed E-state index contributed by atoms with van der Waals surface area (Å²) in [6.45, 7) is 13.8. The average molecular weight is 283 g/mol. The number of piperazine rings is 1. The summed E-state index contributed by atoms with van der Waals surface area (Å²) in [5, 5.41) is 3.81. The quantitative estimate of drug-likeness (QED) is 0.826. The van der Waals surface area contributed by atoms with Gasteiger partial charge in [0.25, 0.3) is 0 Å². The Morgan fingerprint density at radius 2 is 1.90 bits per heavy atom. The molecule has 0 amide bonds. The molecule has 2 aliphatic rings. The molecule has 2 aliphatic heterocycles. The van der Waals surface area contributed by atoms with E-state index >= 15 is 0 Å². The molecule has 118 valence electrons. The molecule has 0 saturated carbocycles. The van der Waals surface area contributed by atoms with Crippen LogP contribution in [0.25, 0.3) is 0 Å². The fourth-order valence-corrected chi connectivity index (χ4v) is 3.41. The van der Waals surface area contributed by atoms with Crippen molar-refractivity contribution in [2.75, 3.05) is 46.4 Å². The summed E-state index contributed by atoms with van der Waals surface area (Å²) in [6, 6.07) is 1.31. The second-order valence-electron chi connectivity index (χ2n) is 6.96. The molecule has 3 atom stereocenters. The Morgan fingerprint density at radius 3 is 2.50 bits per heavy atom. The highest BCUT2D eigenvalue weighted by Gasteiger charge is 2.26. The molecule has 4 heteroatoms. The molecule has 0 aromatic heterocycles. The highest BCUT2D eigenvalue weighted by molar-refractivity contribution is 4.84. The lowest BCUT2D eigenvalue weighted by molar-refractivity contribution is 0.0102. The number of hydrogen-bond donors (Lipinski definition) is 1. The van der Waals surface area contributed by atoms with E-state index in [0.29, 0.717) is 24.1 Å². The summed E-state index contributed by atoms with van der Waals surface area (Å²) < 4.78 is 5.63. The van der Waals surface area contributed by atoms with Gasteiger partial charge in [-0.25, -0.2) is 0 Å². The molecule has 4 nitrogen and oxygen atoms in total. The topological polar surface area (TPSA) is 27.7 Å². The Labute approximate surface area is 124 Å². The van der Waals surface area contributed by atoms with Crippen LogP contribution in [0.1, 0.15) is 33.6 Å². The van der Waals surface area contributed by atoms with E-state index < -0.39 is 0 Å². The normalized spacial score (nSPS) is 31.6. The van der Waals surface area contributed by atoms with Gasteiger partial charge in [-0.05, 0) is 32.7 Å². The Balaban J connectivity index is 1.80. The lowest BCUT2D eigenvalue weighted by Gasteiger charge is -2.41. The van der Waals surface area contributed by atoms with Gasteiger partial charge >= 0.3 is 0 Å². The number of hydrogen-bond acceptors (Lipinski definition) is 4. The van der Waals surface area contributed by atoms with Crippen LogP contribution in [0.3, 0.4) is 0 Å². The first-order valence-corrected chi connectivity index (χ1v) is 8.34. The van der Waals surface area contributed by atoms with Gasteiger partial charge in [0.1, 0.15) is 0 Å². The van der Waals surface area contributed by atoms with Crippen LogP contribution >= 0.6 is 0 Å². The van der Waals surface area contributed by atoms with Crippen LogP contribution < -0.4 is 5.32 Å². The number of rotatable bonds is 5. The molecule has 0 aromatic carbocycles. The van der Waals surface area contributed by atoms with Gasteiger partial charge < -0.3 is 15.0 Å². The molecule has 0 spiro atoms. The molecular formula is C16H33N3O. The zero-order valence-electron chi connectivity index (χ0n) is 13.8. The van der Waals surface area contributed by atoms with E-state index in [4.69, 9.17) is 4.74 Å². The summed E-state index contributed by atoms with van der Waals surface area (Å²) in [7, 11) is 2.23. The van der Waals surface area contributed by atoms with E-state index in [1.54, 1.807) is 0 Å². The molecule has 20 heavy (non-hydrogen) atoms. The van der Waals surface area contributed by atoms with Crippen molar-refractivity contribution in [2.45, 2.75) is 51.8 Å². The Hall–Kier alpha value is -0.160. The minimum atomic E-state index is 0.419. The zero-order chi connectivity index (χ0) is 14.5. The van der Waals surface area contributed by atoms with Gasteiger partial charge in [0.05, 0.1) is 6.10 Å². The van der Waals surface area contributed by atoms with Crippen LogP contribution in [0.4, 0.5) is 0 Å². The third-order valence-electron chi connectivity index (χ3n) is 4.88. The Morgan fingerprint density at radius 1 is 1.20 bits per heavy atom. The first-order valence-electron chi connectivity index (χ1n) is 8.34. The maximum Gasteiger partial charge on any atom is 0.0561 e. The van der Waals surface area contributed by atoms with Gasteiger partial charge in [-0.3, -0.25) is 4.90 Å². The van der Waals surface area contributed by atoms with Crippen LogP contribution in [-0.2, 0) is 4.74 Å². The number of nitrogens with zero attached hydrogens (tertiary/aromatic N) is 2. The second-order valence-corrected chi connectivity index (χ2v) is 6.96. The van der Waals surface area contributed by atoms with E-state index in [-0.39, 0.29) is 0 Å². The van der Waals surface area contributed by atoms with Crippen LogP contribution in [0.15, 0.2) is 0 Å². The van der Waals surface area contributed by atoms with Crippen LogP contribution in [0, 0.1) is 5.92 Å². The predicted molar refractivity (Wildman–Crippen MR) is 84.1 cm³/mol. The van der Waals surface area contributed by atoms with Crippen molar-refractivity contribution in [3.63, 3.8) is 0 Å². The van der Waals surface area contributed by atoms with Crippen molar-refractivity contribution in [2.24, 2.45) is 5.92 Å². The summed E-state index contributed by atoms with van der Waals surface area (Å²) in [5.74, 6) is 0.711. The van der Waals surface area contributed by atoms with Crippen molar-refractivity contribution in [3.8, 4) is 0 Å². The molecule has 0 radical (unpaired) electrons. The maximum atomic E-state index is 5.63. The third-order valence-corrected chi connectivity index (χ3v) is 4.88. The van der Waals surface area contributed by atoms with E-state index in [1.807, 2.05) is 0 Å². The predicted octanol–water partition coefficient (Wildman–Crippen LogP) is 1.42. The standard InChI is InChI=1S/C16H33N3O/c1-13(2)16(19-8-6-18(4)7-9-19)12-17-15-5-10-20-14(3)11-15/h13-17H,5-12H2,1-4H3. The number of nitrogens with one attached hydrogen (secondary N) is 1. The highest BCUT2D eigenvalue weighted by atomic mass is 16.5. The van der Waals surface area contributed by atoms with E-state index in [9.17, 15) is 0 Å². The van der Waals surface area contributed by atoms with Crippen molar-refractivity contribution in [1.29, 1.82) is 0 Å². The van der Waals surface area contributed by atoms with E-state index in [1.165, 1.54) is 26.2 Å². The Kier molecular flexibility index (Phi) is 6.27. The largest absolute Gasteiger partial charge is 0.378 e. The molecule has 0 bridgehead atoms. The minimum Gasteiger partial charge on any atom is -0.378 e. The monoisotopic (exact) mass is 283 g/mol. The second kappa shape index (κ2) is 7.74. The lowest BCUT2D eigenvalue weighted by atomic mass is 9.99. The molecule has 2 heterocycles. The summed E-state index contributed by atoms with van der Waals surface area (Å²) in [4.78, 5) is 5.11. The van der Waals surface area contributed by atoms with Crippen LogP contribution in [0.2, 0.25) is 0 Å². The molecule has 0 aliphatic carbocycles. The fraction of sp³-hybridized carbons (Fsp3) is 1.00. The molecule has 3 unspecified atom stereocenters. The smallest absolute Gasteiger partial charge is 0.0561 e. The molecule has 0 aromatic rings. The van der Waals surface area contributed by atoms with Crippen molar-refractivity contribution in [3.05, 3.63) is 0 Å². The van der Waals surface area contributed by atoms with Crippen LogP contribution in [-0.4, -0.2) is 74.4 Å². The van der Waals surface area contributed by atoms with Crippen molar-refractivity contribution >= 4 is 0 Å². The maximum absolute atomic E-state index is 5.63.